The third-order valence-electron chi connectivity index (χ3n) is 6.43. The maximum Gasteiger partial charge on any atom is 0.230 e. The summed E-state index contributed by atoms with van der Waals surface area (Å²) in [4.78, 5) is 16.8. The van der Waals surface area contributed by atoms with Gasteiger partial charge in [0.05, 0.1) is 22.8 Å². The zero-order chi connectivity index (χ0) is 20.6. The lowest BCUT2D eigenvalue weighted by molar-refractivity contribution is -0.123. The standard InChI is InChI=1S/C25H33NO2S/c1-18-5-7-19(8-6-18)23(27)26(20-9-13-25(14-10-20)17-28-25)21-15-22(29-16-21)11-12-24(2,3)4/h5,15-16,19-20H,6-10,13-14,17H2,1-4H3. The number of carbonyl (C=O) groups is 1. The average Bonchev–Trinajstić information content (AvgIpc) is 3.27. The molecule has 156 valence electrons. The maximum absolute atomic E-state index is 13.6. The van der Waals surface area contributed by atoms with Gasteiger partial charge in [0, 0.05) is 22.8 Å². The maximum atomic E-state index is 13.6. The van der Waals surface area contributed by atoms with Crippen molar-refractivity contribution in [3.63, 3.8) is 0 Å². The fraction of sp³-hybridized carbons (Fsp3) is 0.640. The summed E-state index contributed by atoms with van der Waals surface area (Å²) in [6.07, 6.45) is 9.36. The van der Waals surface area contributed by atoms with E-state index in [0.29, 0.717) is 5.91 Å². The molecule has 0 radical (unpaired) electrons. The first-order valence-electron chi connectivity index (χ1n) is 11.0. The van der Waals surface area contributed by atoms with Crippen LogP contribution in [0.15, 0.2) is 23.1 Å². The molecule has 3 nitrogen and oxygen atoms in total. The SMILES string of the molecule is CC1=CCC(C(=O)N(c2csc(C#CC(C)(C)C)c2)C2CCC3(CC2)CO3)CC1. The summed E-state index contributed by atoms with van der Waals surface area (Å²) in [5, 5.41) is 2.13. The Balaban J connectivity index is 1.57. The van der Waals surface area contributed by atoms with E-state index in [4.69, 9.17) is 4.74 Å². The molecule has 1 amide bonds. The number of epoxide rings is 1. The topological polar surface area (TPSA) is 32.8 Å². The second-order valence-corrected chi connectivity index (χ2v) is 11.0. The van der Waals surface area contributed by atoms with Gasteiger partial charge in [0.15, 0.2) is 0 Å². The minimum absolute atomic E-state index is 0.0199. The minimum Gasteiger partial charge on any atom is -0.370 e. The van der Waals surface area contributed by atoms with E-state index in [1.165, 1.54) is 5.57 Å². The number of anilines is 1. The summed E-state index contributed by atoms with van der Waals surface area (Å²) in [7, 11) is 0. The van der Waals surface area contributed by atoms with Gasteiger partial charge in [-0.3, -0.25) is 4.79 Å². The molecule has 0 N–H and O–H groups in total. The Hall–Kier alpha value is -1.57. The number of hydrogen-bond acceptors (Lipinski definition) is 3. The molecule has 3 aliphatic rings. The average molecular weight is 412 g/mol. The van der Waals surface area contributed by atoms with E-state index in [1.807, 2.05) is 0 Å². The van der Waals surface area contributed by atoms with Gasteiger partial charge in [-0.2, -0.15) is 0 Å². The lowest BCUT2D eigenvalue weighted by atomic mass is 9.83. The van der Waals surface area contributed by atoms with E-state index in [0.717, 1.165) is 62.1 Å². The van der Waals surface area contributed by atoms with Crippen LogP contribution in [0, 0.1) is 23.2 Å². The molecule has 1 saturated carbocycles. The van der Waals surface area contributed by atoms with Crippen molar-refractivity contribution in [3.05, 3.63) is 28.0 Å². The van der Waals surface area contributed by atoms with Crippen molar-refractivity contribution in [1.82, 2.24) is 0 Å². The van der Waals surface area contributed by atoms with E-state index in [2.05, 4.69) is 62.0 Å². The number of ether oxygens (including phenoxy) is 1. The zero-order valence-electron chi connectivity index (χ0n) is 18.2. The Morgan fingerprint density at radius 2 is 2.00 bits per heavy atom. The Kier molecular flexibility index (Phi) is 5.66. The fourth-order valence-electron chi connectivity index (χ4n) is 4.45. The molecular weight excluding hydrogens is 378 g/mol. The van der Waals surface area contributed by atoms with Crippen LogP contribution in [0.5, 0.6) is 0 Å². The number of hydrogen-bond donors (Lipinski definition) is 0. The number of amides is 1. The highest BCUT2D eigenvalue weighted by atomic mass is 32.1. The van der Waals surface area contributed by atoms with Crippen molar-refractivity contribution in [2.24, 2.45) is 11.3 Å². The molecule has 29 heavy (non-hydrogen) atoms. The summed E-state index contributed by atoms with van der Waals surface area (Å²) in [6.45, 7) is 9.46. The normalized spacial score (nSPS) is 29.0. The number of thiophene rings is 1. The third kappa shape index (κ3) is 4.95. The van der Waals surface area contributed by atoms with Crippen molar-refractivity contribution < 1.29 is 9.53 Å². The van der Waals surface area contributed by atoms with Crippen LogP contribution < -0.4 is 4.90 Å². The smallest absolute Gasteiger partial charge is 0.230 e. The van der Waals surface area contributed by atoms with E-state index in [-0.39, 0.29) is 23.0 Å². The summed E-state index contributed by atoms with van der Waals surface area (Å²) >= 11 is 1.66. The quantitative estimate of drug-likeness (QED) is 0.350. The van der Waals surface area contributed by atoms with Crippen LogP contribution in [0.25, 0.3) is 0 Å². The van der Waals surface area contributed by atoms with Gasteiger partial charge in [-0.1, -0.05) is 23.5 Å². The molecule has 2 aliphatic carbocycles. The second-order valence-electron chi connectivity index (χ2n) is 10.1. The largest absolute Gasteiger partial charge is 0.370 e. The lowest BCUT2D eigenvalue weighted by Crippen LogP contribution is -2.46. The Labute approximate surface area is 179 Å². The Bertz CT molecular complexity index is 849. The van der Waals surface area contributed by atoms with Crippen LogP contribution in [0.2, 0.25) is 0 Å². The molecule has 2 heterocycles. The summed E-state index contributed by atoms with van der Waals surface area (Å²) in [5.41, 5.74) is 2.59. The molecule has 1 unspecified atom stereocenters. The highest BCUT2D eigenvalue weighted by Gasteiger charge is 2.48. The molecule has 1 aliphatic heterocycles. The van der Waals surface area contributed by atoms with E-state index >= 15 is 0 Å². The monoisotopic (exact) mass is 411 g/mol. The second kappa shape index (κ2) is 7.93. The van der Waals surface area contributed by atoms with Crippen LogP contribution in [0.3, 0.4) is 0 Å². The van der Waals surface area contributed by atoms with Gasteiger partial charge in [0.2, 0.25) is 5.91 Å². The van der Waals surface area contributed by atoms with Crippen LogP contribution in [-0.2, 0) is 9.53 Å². The summed E-state index contributed by atoms with van der Waals surface area (Å²) in [5.74, 6) is 7.04. The predicted molar refractivity (Wildman–Crippen MR) is 120 cm³/mol. The van der Waals surface area contributed by atoms with Crippen molar-refractivity contribution >= 4 is 22.9 Å². The molecule has 4 heteroatoms. The fourth-order valence-corrected chi connectivity index (χ4v) is 5.18. The third-order valence-corrected chi connectivity index (χ3v) is 7.27. The van der Waals surface area contributed by atoms with Gasteiger partial charge < -0.3 is 9.64 Å². The Morgan fingerprint density at radius 1 is 1.28 bits per heavy atom. The van der Waals surface area contributed by atoms with Crippen LogP contribution >= 0.6 is 11.3 Å². The van der Waals surface area contributed by atoms with Crippen molar-refractivity contribution in [2.45, 2.75) is 84.3 Å². The van der Waals surface area contributed by atoms with E-state index in [1.54, 1.807) is 11.3 Å². The zero-order valence-corrected chi connectivity index (χ0v) is 19.0. The lowest BCUT2D eigenvalue weighted by Gasteiger charge is -2.38. The van der Waals surface area contributed by atoms with E-state index < -0.39 is 0 Å². The molecule has 1 aromatic rings. The molecule has 1 saturated heterocycles. The van der Waals surface area contributed by atoms with Gasteiger partial charge in [-0.15, -0.1) is 11.3 Å². The number of nitrogens with zero attached hydrogens (tertiary/aromatic N) is 1. The minimum atomic E-state index is -0.0199. The van der Waals surface area contributed by atoms with E-state index in [9.17, 15) is 4.79 Å². The first-order valence-corrected chi connectivity index (χ1v) is 11.9. The molecule has 1 atom stereocenters. The van der Waals surface area contributed by atoms with Gasteiger partial charge in [-0.05, 0) is 78.7 Å². The number of carbonyl (C=O) groups excluding carboxylic acids is 1. The summed E-state index contributed by atoms with van der Waals surface area (Å²) in [6, 6.07) is 2.41. The number of allylic oxidation sites excluding steroid dienone is 2. The molecule has 1 spiro atoms. The van der Waals surface area contributed by atoms with Gasteiger partial charge in [-0.25, -0.2) is 0 Å². The molecule has 4 rings (SSSR count). The predicted octanol–water partition coefficient (Wildman–Crippen LogP) is 5.94. The van der Waals surface area contributed by atoms with Crippen molar-refractivity contribution in [3.8, 4) is 11.8 Å². The highest BCUT2D eigenvalue weighted by Crippen LogP contribution is 2.44. The van der Waals surface area contributed by atoms with Crippen LogP contribution in [0.1, 0.15) is 77.5 Å². The first-order chi connectivity index (χ1) is 13.7. The van der Waals surface area contributed by atoms with Crippen molar-refractivity contribution in [1.29, 1.82) is 0 Å². The molecule has 0 aromatic carbocycles. The highest BCUT2D eigenvalue weighted by molar-refractivity contribution is 7.11. The van der Waals surface area contributed by atoms with Gasteiger partial charge >= 0.3 is 0 Å². The van der Waals surface area contributed by atoms with Gasteiger partial charge in [0.25, 0.3) is 0 Å². The van der Waals surface area contributed by atoms with Crippen molar-refractivity contribution in [2.75, 3.05) is 11.5 Å². The first kappa shape index (κ1) is 20.7. The van der Waals surface area contributed by atoms with Crippen LogP contribution in [0.4, 0.5) is 5.69 Å². The molecular formula is C25H33NO2S. The van der Waals surface area contributed by atoms with Crippen LogP contribution in [-0.4, -0.2) is 24.2 Å². The molecule has 2 fully saturated rings. The Morgan fingerprint density at radius 3 is 2.59 bits per heavy atom. The molecule has 0 bridgehead atoms. The van der Waals surface area contributed by atoms with Gasteiger partial charge in [0.1, 0.15) is 0 Å². The molecule has 1 aromatic heterocycles. The number of rotatable bonds is 3. The summed E-state index contributed by atoms with van der Waals surface area (Å²) < 4.78 is 5.70.